The van der Waals surface area contributed by atoms with Crippen molar-refractivity contribution >= 4 is 35.3 Å². The Morgan fingerprint density at radius 2 is 1.69 bits per heavy atom. The van der Waals surface area contributed by atoms with Crippen molar-refractivity contribution < 1.29 is 23.8 Å². The second-order valence-corrected chi connectivity index (χ2v) is 9.91. The molecule has 2 unspecified atom stereocenters. The van der Waals surface area contributed by atoms with E-state index in [9.17, 15) is 9.59 Å². The maximum atomic E-state index is 13.5. The summed E-state index contributed by atoms with van der Waals surface area (Å²) < 4.78 is 16.0. The maximum absolute atomic E-state index is 13.5. The number of carbonyl (C=O) groups excluding carboxylic acids is 2. The molecule has 0 aromatic heterocycles. The monoisotopic (exact) mass is 544 g/mol. The summed E-state index contributed by atoms with van der Waals surface area (Å²) in [5.41, 5.74) is 4.26. The van der Waals surface area contributed by atoms with E-state index in [1.54, 1.807) is 32.4 Å². The molecule has 0 radical (unpaired) electrons. The Balaban J connectivity index is 1.43. The van der Waals surface area contributed by atoms with Crippen molar-refractivity contribution in [3.63, 3.8) is 0 Å². The van der Waals surface area contributed by atoms with Crippen LogP contribution < -0.4 is 9.47 Å². The van der Waals surface area contributed by atoms with E-state index in [1.165, 1.54) is 11.1 Å². The second kappa shape index (κ2) is 11.7. The van der Waals surface area contributed by atoms with Gasteiger partial charge in [0, 0.05) is 10.9 Å². The third-order valence-corrected chi connectivity index (χ3v) is 7.29. The molecule has 2 aliphatic rings. The zero-order valence-corrected chi connectivity index (χ0v) is 22.6. The van der Waals surface area contributed by atoms with Gasteiger partial charge in [0.05, 0.1) is 31.5 Å². The van der Waals surface area contributed by atoms with Crippen molar-refractivity contribution in [3.05, 3.63) is 100 Å². The molecule has 1 heterocycles. The molecule has 1 amide bonds. The summed E-state index contributed by atoms with van der Waals surface area (Å²) >= 11 is 6.00. The number of allylic oxidation sites excluding steroid dienone is 1. The van der Waals surface area contributed by atoms with Crippen LogP contribution >= 0.6 is 11.6 Å². The molecule has 200 valence electrons. The van der Waals surface area contributed by atoms with Crippen molar-refractivity contribution in [3.8, 4) is 11.5 Å². The lowest BCUT2D eigenvalue weighted by molar-refractivity contribution is -0.137. The molecule has 7 nitrogen and oxygen atoms in total. The van der Waals surface area contributed by atoms with Crippen LogP contribution in [0.5, 0.6) is 11.5 Å². The van der Waals surface area contributed by atoms with Crippen molar-refractivity contribution in [2.24, 2.45) is 11.0 Å². The minimum Gasteiger partial charge on any atom is -0.497 e. The number of nitrogens with zero attached hydrogens (tertiary/aromatic N) is 2. The van der Waals surface area contributed by atoms with Gasteiger partial charge in [-0.1, -0.05) is 41.9 Å². The second-order valence-electron chi connectivity index (χ2n) is 9.47. The number of hydrogen-bond donors (Lipinski definition) is 0. The Morgan fingerprint density at radius 1 is 1.00 bits per heavy atom. The molecule has 0 spiro atoms. The minimum atomic E-state index is -0.615. The lowest BCUT2D eigenvalue weighted by Gasteiger charge is -2.29. The largest absolute Gasteiger partial charge is 0.497 e. The van der Waals surface area contributed by atoms with Crippen molar-refractivity contribution in [2.45, 2.75) is 25.3 Å². The SMILES string of the molecule is COc1ccc(C=C2CCCC3C2=NN(C(=O)COC(=O)c2cccc(Cl)c2)C3c2ccc(OC)cc2)cc1. The number of esters is 1. The van der Waals surface area contributed by atoms with Crippen LogP contribution in [-0.4, -0.2) is 43.4 Å². The number of amides is 1. The molecular formula is C31H29ClN2O5. The Hall–Kier alpha value is -4.10. The predicted molar refractivity (Wildman–Crippen MR) is 150 cm³/mol. The Kier molecular flexibility index (Phi) is 7.98. The number of rotatable bonds is 7. The first kappa shape index (κ1) is 26.5. The molecule has 2 atom stereocenters. The number of methoxy groups -OCH3 is 2. The Morgan fingerprint density at radius 3 is 2.36 bits per heavy atom. The van der Waals surface area contributed by atoms with E-state index in [4.69, 9.17) is 30.9 Å². The summed E-state index contributed by atoms with van der Waals surface area (Å²) in [6.45, 7) is -0.432. The maximum Gasteiger partial charge on any atom is 0.338 e. The number of halogens is 1. The molecular weight excluding hydrogens is 516 g/mol. The van der Waals surface area contributed by atoms with Crippen LogP contribution in [0.2, 0.25) is 5.02 Å². The molecule has 1 fully saturated rings. The van der Waals surface area contributed by atoms with Gasteiger partial charge in [-0.05, 0) is 84.5 Å². The summed E-state index contributed by atoms with van der Waals surface area (Å²) in [6, 6.07) is 21.7. The summed E-state index contributed by atoms with van der Waals surface area (Å²) in [5, 5.41) is 6.75. The predicted octanol–water partition coefficient (Wildman–Crippen LogP) is 6.34. The first-order valence-corrected chi connectivity index (χ1v) is 13.2. The number of hydrazone groups is 1. The molecule has 1 aliphatic heterocycles. The van der Waals surface area contributed by atoms with Crippen LogP contribution in [0.15, 0.2) is 83.5 Å². The molecule has 39 heavy (non-hydrogen) atoms. The van der Waals surface area contributed by atoms with Crippen LogP contribution in [0.3, 0.4) is 0 Å². The van der Waals surface area contributed by atoms with Gasteiger partial charge in [0.2, 0.25) is 0 Å². The first-order chi connectivity index (χ1) is 19.0. The number of carbonyl (C=O) groups is 2. The smallest absolute Gasteiger partial charge is 0.338 e. The van der Waals surface area contributed by atoms with Gasteiger partial charge in [0.25, 0.3) is 5.91 Å². The van der Waals surface area contributed by atoms with Crippen LogP contribution in [0.4, 0.5) is 0 Å². The van der Waals surface area contributed by atoms with E-state index in [-0.39, 0.29) is 17.5 Å². The third-order valence-electron chi connectivity index (χ3n) is 7.06. The van der Waals surface area contributed by atoms with E-state index in [0.717, 1.165) is 53.2 Å². The highest BCUT2D eigenvalue weighted by molar-refractivity contribution is 6.30. The zero-order chi connectivity index (χ0) is 27.4. The van der Waals surface area contributed by atoms with Gasteiger partial charge in [-0.15, -0.1) is 0 Å². The molecule has 5 rings (SSSR count). The highest BCUT2D eigenvalue weighted by Gasteiger charge is 2.43. The number of fused-ring (bicyclic) bond motifs is 1. The highest BCUT2D eigenvalue weighted by Crippen LogP contribution is 2.44. The first-order valence-electron chi connectivity index (χ1n) is 12.8. The normalized spacial score (nSPS) is 19.3. The standard InChI is InChI=1S/C31H29ClN2O5/c1-37-25-13-9-20(10-14-25)17-22-5-4-8-27-29(22)33-34(30(27)21-11-15-26(38-2)16-12-21)28(35)19-39-31(36)23-6-3-7-24(32)18-23/h3,6-7,9-18,27,30H,4-5,8,19H2,1-2H3. The van der Waals surface area contributed by atoms with E-state index >= 15 is 0 Å². The van der Waals surface area contributed by atoms with Gasteiger partial charge in [-0.3, -0.25) is 4.79 Å². The van der Waals surface area contributed by atoms with Crippen LogP contribution in [0.1, 0.15) is 46.8 Å². The lowest BCUT2D eigenvalue weighted by Crippen LogP contribution is -2.34. The van der Waals surface area contributed by atoms with Crippen LogP contribution in [0, 0.1) is 5.92 Å². The zero-order valence-electron chi connectivity index (χ0n) is 21.8. The highest BCUT2D eigenvalue weighted by atomic mass is 35.5. The van der Waals surface area contributed by atoms with Gasteiger partial charge >= 0.3 is 5.97 Å². The van der Waals surface area contributed by atoms with Gasteiger partial charge in [0.15, 0.2) is 6.61 Å². The summed E-state index contributed by atoms with van der Waals surface area (Å²) in [5.74, 6) is 0.535. The topological polar surface area (TPSA) is 77.4 Å². The summed E-state index contributed by atoms with van der Waals surface area (Å²) in [4.78, 5) is 26.1. The summed E-state index contributed by atoms with van der Waals surface area (Å²) in [7, 11) is 3.26. The van der Waals surface area contributed by atoms with Crippen molar-refractivity contribution in [2.75, 3.05) is 20.8 Å². The molecule has 0 saturated heterocycles. The van der Waals surface area contributed by atoms with Gasteiger partial charge in [-0.25, -0.2) is 9.80 Å². The van der Waals surface area contributed by atoms with Crippen LogP contribution in [0.25, 0.3) is 6.08 Å². The quantitative estimate of drug-likeness (QED) is 0.324. The molecule has 1 aliphatic carbocycles. The van der Waals surface area contributed by atoms with E-state index < -0.39 is 18.5 Å². The lowest BCUT2D eigenvalue weighted by atomic mass is 9.77. The van der Waals surface area contributed by atoms with Gasteiger partial charge in [-0.2, -0.15) is 5.10 Å². The van der Waals surface area contributed by atoms with E-state index in [2.05, 4.69) is 6.08 Å². The molecule has 3 aromatic carbocycles. The molecule has 8 heteroatoms. The van der Waals surface area contributed by atoms with Crippen LogP contribution in [-0.2, 0) is 9.53 Å². The fraction of sp³-hybridized carbons (Fsp3) is 0.258. The van der Waals surface area contributed by atoms with Gasteiger partial charge in [0.1, 0.15) is 11.5 Å². The average molecular weight is 545 g/mol. The molecule has 0 bridgehead atoms. The Bertz CT molecular complexity index is 1420. The van der Waals surface area contributed by atoms with E-state index in [1.807, 2.05) is 48.5 Å². The van der Waals surface area contributed by atoms with Gasteiger partial charge < -0.3 is 14.2 Å². The fourth-order valence-electron chi connectivity index (χ4n) is 5.13. The Labute approximate surface area is 232 Å². The fourth-order valence-corrected chi connectivity index (χ4v) is 5.33. The minimum absolute atomic E-state index is 0.0178. The van der Waals surface area contributed by atoms with Crippen molar-refractivity contribution in [1.29, 1.82) is 0 Å². The van der Waals surface area contributed by atoms with Crippen molar-refractivity contribution in [1.82, 2.24) is 5.01 Å². The molecule has 1 saturated carbocycles. The number of ether oxygens (including phenoxy) is 3. The third kappa shape index (κ3) is 5.83. The molecule has 0 N–H and O–H groups in total. The number of hydrogen-bond acceptors (Lipinski definition) is 6. The molecule has 3 aromatic rings. The summed E-state index contributed by atoms with van der Waals surface area (Å²) in [6.07, 6.45) is 4.86. The number of benzene rings is 3. The van der Waals surface area contributed by atoms with E-state index in [0.29, 0.717) is 5.02 Å². The average Bonchev–Trinajstić information content (AvgIpc) is 3.37.